The number of imidazole rings is 1. The molecule has 1 saturated carbocycles. The Balaban J connectivity index is 1.94. The molecule has 0 unspecified atom stereocenters. The summed E-state index contributed by atoms with van der Waals surface area (Å²) in [4.78, 5) is 19.4. The monoisotopic (exact) mass is 263 g/mol. The summed E-state index contributed by atoms with van der Waals surface area (Å²) in [5.74, 6) is 0.0727. The minimum absolute atomic E-state index is 0.0727. The molecule has 19 heavy (non-hydrogen) atoms. The fraction of sp³-hybridized carbons (Fsp3) is 0.733. The number of aromatic nitrogens is 2. The van der Waals surface area contributed by atoms with Crippen molar-refractivity contribution in [1.82, 2.24) is 15.3 Å². The van der Waals surface area contributed by atoms with Crippen molar-refractivity contribution in [2.24, 2.45) is 5.41 Å². The van der Waals surface area contributed by atoms with Gasteiger partial charge in [-0.1, -0.05) is 26.2 Å². The number of hydrogen-bond acceptors (Lipinski definition) is 2. The van der Waals surface area contributed by atoms with Gasteiger partial charge in [0.1, 0.15) is 0 Å². The van der Waals surface area contributed by atoms with E-state index in [2.05, 4.69) is 22.2 Å². The number of nitrogens with zero attached hydrogens (tertiary/aromatic N) is 1. The van der Waals surface area contributed by atoms with E-state index >= 15 is 0 Å². The highest BCUT2D eigenvalue weighted by atomic mass is 16.2. The summed E-state index contributed by atoms with van der Waals surface area (Å²) >= 11 is 0. The van der Waals surface area contributed by atoms with E-state index in [1.165, 1.54) is 32.1 Å². The van der Waals surface area contributed by atoms with E-state index in [0.29, 0.717) is 0 Å². The smallest absolute Gasteiger partial charge is 0.231 e. The van der Waals surface area contributed by atoms with E-state index in [1.54, 1.807) is 12.5 Å². The van der Waals surface area contributed by atoms with Gasteiger partial charge in [0.05, 0.1) is 11.7 Å². The van der Waals surface area contributed by atoms with Crippen molar-refractivity contribution in [2.75, 3.05) is 6.54 Å². The lowest BCUT2D eigenvalue weighted by Gasteiger charge is -2.35. The molecule has 4 nitrogen and oxygen atoms in total. The van der Waals surface area contributed by atoms with E-state index in [4.69, 9.17) is 0 Å². The molecule has 1 fully saturated rings. The first-order valence-corrected chi connectivity index (χ1v) is 7.21. The highest BCUT2D eigenvalue weighted by Crippen LogP contribution is 2.35. The predicted octanol–water partition coefficient (Wildman–Crippen LogP) is 2.77. The number of nitrogens with one attached hydrogen (secondary N) is 2. The van der Waals surface area contributed by atoms with Gasteiger partial charge < -0.3 is 10.3 Å². The zero-order chi connectivity index (χ0) is 13.9. The number of aromatic amines is 1. The van der Waals surface area contributed by atoms with Crippen molar-refractivity contribution in [1.29, 1.82) is 0 Å². The Kier molecular flexibility index (Phi) is 3.97. The van der Waals surface area contributed by atoms with Crippen LogP contribution in [0.2, 0.25) is 0 Å². The van der Waals surface area contributed by atoms with Crippen LogP contribution >= 0.6 is 0 Å². The molecule has 1 aromatic heterocycles. The fourth-order valence-corrected chi connectivity index (χ4v) is 2.82. The molecular weight excluding hydrogens is 238 g/mol. The molecule has 0 atom stereocenters. The van der Waals surface area contributed by atoms with Crippen LogP contribution in [0, 0.1) is 5.41 Å². The van der Waals surface area contributed by atoms with Gasteiger partial charge in [-0.3, -0.25) is 4.79 Å². The predicted molar refractivity (Wildman–Crippen MR) is 75.8 cm³/mol. The number of hydrogen-bond donors (Lipinski definition) is 2. The molecule has 2 N–H and O–H groups in total. The van der Waals surface area contributed by atoms with E-state index in [1.807, 2.05) is 13.8 Å². The van der Waals surface area contributed by atoms with Crippen LogP contribution in [-0.4, -0.2) is 22.4 Å². The SMILES string of the molecule is CC1(CNC(=O)C(C)(C)c2cnc[nH]2)CCCCC1. The Morgan fingerprint density at radius 3 is 2.68 bits per heavy atom. The summed E-state index contributed by atoms with van der Waals surface area (Å²) in [5.41, 5.74) is 0.582. The van der Waals surface area contributed by atoms with Crippen LogP contribution in [0.5, 0.6) is 0 Å². The first kappa shape index (κ1) is 14.1. The van der Waals surface area contributed by atoms with Crippen molar-refractivity contribution in [3.8, 4) is 0 Å². The van der Waals surface area contributed by atoms with E-state index < -0.39 is 5.41 Å². The molecule has 1 heterocycles. The van der Waals surface area contributed by atoms with Gasteiger partial charge in [-0.2, -0.15) is 0 Å². The van der Waals surface area contributed by atoms with Gasteiger partial charge in [-0.15, -0.1) is 0 Å². The second kappa shape index (κ2) is 5.35. The maximum Gasteiger partial charge on any atom is 0.231 e. The summed E-state index contributed by atoms with van der Waals surface area (Å²) in [7, 11) is 0. The van der Waals surface area contributed by atoms with Crippen molar-refractivity contribution in [3.05, 3.63) is 18.2 Å². The molecule has 1 aliphatic carbocycles. The van der Waals surface area contributed by atoms with Gasteiger partial charge in [0, 0.05) is 18.4 Å². The van der Waals surface area contributed by atoms with Gasteiger partial charge in [0.15, 0.2) is 0 Å². The average Bonchev–Trinajstić information content (AvgIpc) is 2.91. The molecule has 1 aromatic rings. The van der Waals surface area contributed by atoms with Crippen LogP contribution in [0.25, 0.3) is 0 Å². The first-order chi connectivity index (χ1) is 8.94. The Morgan fingerprint density at radius 1 is 1.42 bits per heavy atom. The highest BCUT2D eigenvalue weighted by molar-refractivity contribution is 5.86. The maximum atomic E-state index is 12.4. The Bertz CT molecular complexity index is 417. The van der Waals surface area contributed by atoms with E-state index in [0.717, 1.165) is 12.2 Å². The molecule has 0 saturated heterocycles. The van der Waals surface area contributed by atoms with Gasteiger partial charge in [0.2, 0.25) is 5.91 Å². The van der Waals surface area contributed by atoms with E-state index in [9.17, 15) is 4.79 Å². The molecule has 2 rings (SSSR count). The third-order valence-corrected chi connectivity index (χ3v) is 4.48. The zero-order valence-corrected chi connectivity index (χ0v) is 12.3. The second-order valence-electron chi connectivity index (χ2n) is 6.64. The molecule has 4 heteroatoms. The van der Waals surface area contributed by atoms with Crippen LogP contribution in [0.3, 0.4) is 0 Å². The van der Waals surface area contributed by atoms with Gasteiger partial charge >= 0.3 is 0 Å². The quantitative estimate of drug-likeness (QED) is 0.877. The number of rotatable bonds is 4. The minimum Gasteiger partial charge on any atom is -0.355 e. The fourth-order valence-electron chi connectivity index (χ4n) is 2.82. The summed E-state index contributed by atoms with van der Waals surface area (Å²) < 4.78 is 0. The molecule has 106 valence electrons. The van der Waals surface area contributed by atoms with Crippen molar-refractivity contribution in [2.45, 2.75) is 58.3 Å². The minimum atomic E-state index is -0.554. The first-order valence-electron chi connectivity index (χ1n) is 7.21. The molecule has 0 aliphatic heterocycles. The van der Waals surface area contributed by atoms with Gasteiger partial charge in [0.25, 0.3) is 0 Å². The molecule has 0 bridgehead atoms. The molecule has 0 radical (unpaired) electrons. The lowest BCUT2D eigenvalue weighted by molar-refractivity contribution is -0.126. The van der Waals surface area contributed by atoms with Gasteiger partial charge in [-0.05, 0) is 32.1 Å². The summed E-state index contributed by atoms with van der Waals surface area (Å²) in [5, 5.41) is 3.13. The highest BCUT2D eigenvalue weighted by Gasteiger charge is 2.33. The number of amides is 1. The number of carbonyl (C=O) groups is 1. The molecule has 0 spiro atoms. The molecule has 0 aromatic carbocycles. The topological polar surface area (TPSA) is 57.8 Å². The third-order valence-electron chi connectivity index (χ3n) is 4.48. The largest absolute Gasteiger partial charge is 0.355 e. The summed E-state index contributed by atoms with van der Waals surface area (Å²) in [6.07, 6.45) is 9.69. The average molecular weight is 263 g/mol. The van der Waals surface area contributed by atoms with Crippen molar-refractivity contribution < 1.29 is 4.79 Å². The summed E-state index contributed by atoms with van der Waals surface area (Å²) in [6.45, 7) is 6.93. The molecule has 1 amide bonds. The van der Waals surface area contributed by atoms with E-state index in [-0.39, 0.29) is 11.3 Å². The van der Waals surface area contributed by atoms with Crippen LogP contribution in [0.15, 0.2) is 12.5 Å². The second-order valence-corrected chi connectivity index (χ2v) is 6.64. The maximum absolute atomic E-state index is 12.4. The van der Waals surface area contributed by atoms with Crippen molar-refractivity contribution in [3.63, 3.8) is 0 Å². The number of carbonyl (C=O) groups excluding carboxylic acids is 1. The lowest BCUT2D eigenvalue weighted by atomic mass is 9.75. The number of H-pyrrole nitrogens is 1. The zero-order valence-electron chi connectivity index (χ0n) is 12.3. The Labute approximate surface area is 115 Å². The van der Waals surface area contributed by atoms with Gasteiger partial charge in [-0.25, -0.2) is 4.98 Å². The Hall–Kier alpha value is -1.32. The van der Waals surface area contributed by atoms with Crippen LogP contribution in [-0.2, 0) is 10.2 Å². The summed E-state index contributed by atoms with van der Waals surface area (Å²) in [6, 6.07) is 0. The van der Waals surface area contributed by atoms with Crippen LogP contribution in [0.1, 0.15) is 58.6 Å². The van der Waals surface area contributed by atoms with Crippen LogP contribution < -0.4 is 5.32 Å². The molecular formula is C15H25N3O. The normalized spacial score (nSPS) is 19.1. The van der Waals surface area contributed by atoms with Crippen LogP contribution in [0.4, 0.5) is 0 Å². The Morgan fingerprint density at radius 2 is 2.11 bits per heavy atom. The molecule has 1 aliphatic rings. The third kappa shape index (κ3) is 3.17. The lowest BCUT2D eigenvalue weighted by Crippen LogP contribution is -2.45. The standard InChI is InChI=1S/C15H25N3O/c1-14(2,12-9-16-11-18-12)13(19)17-10-15(3)7-5-4-6-8-15/h9,11H,4-8,10H2,1-3H3,(H,16,18)(H,17,19). The van der Waals surface area contributed by atoms with Crippen molar-refractivity contribution >= 4 is 5.91 Å².